The van der Waals surface area contributed by atoms with Gasteiger partial charge in [0, 0.05) is 30.8 Å². The van der Waals surface area contributed by atoms with Crippen molar-refractivity contribution in [3.8, 4) is 5.75 Å². The maximum atomic E-state index is 12.0. The minimum atomic E-state index is 0.233. The zero-order chi connectivity index (χ0) is 13.8. The van der Waals surface area contributed by atoms with Gasteiger partial charge in [-0.3, -0.25) is 4.79 Å². The molecule has 1 fully saturated rings. The van der Waals surface area contributed by atoms with Gasteiger partial charge in [0.2, 0.25) is 5.91 Å². The smallest absolute Gasteiger partial charge is 0.223 e. The third-order valence-corrected chi connectivity index (χ3v) is 3.62. The standard InChI is InChI=1S/C15H22N2O2/c1-3-11-7-15(18)17(9-11)10-12-8-13(16)5-6-14(12)19-4-2/h5-6,8,11H,3-4,7,9-10,16H2,1-2H3. The van der Waals surface area contributed by atoms with Gasteiger partial charge >= 0.3 is 0 Å². The Kier molecular flexibility index (Phi) is 4.30. The zero-order valence-corrected chi connectivity index (χ0v) is 11.7. The van der Waals surface area contributed by atoms with Gasteiger partial charge in [0.15, 0.2) is 0 Å². The van der Waals surface area contributed by atoms with Crippen LogP contribution in [0.15, 0.2) is 18.2 Å². The summed E-state index contributed by atoms with van der Waals surface area (Å²) < 4.78 is 5.60. The molecule has 0 bridgehead atoms. The fourth-order valence-electron chi connectivity index (χ4n) is 2.51. The van der Waals surface area contributed by atoms with Crippen molar-refractivity contribution in [2.45, 2.75) is 33.2 Å². The van der Waals surface area contributed by atoms with E-state index in [-0.39, 0.29) is 5.91 Å². The van der Waals surface area contributed by atoms with Gasteiger partial charge in [-0.2, -0.15) is 0 Å². The van der Waals surface area contributed by atoms with Crippen LogP contribution >= 0.6 is 0 Å². The van der Waals surface area contributed by atoms with Crippen LogP contribution in [-0.4, -0.2) is 24.0 Å². The molecule has 1 atom stereocenters. The Hall–Kier alpha value is -1.71. The lowest BCUT2D eigenvalue weighted by Gasteiger charge is -2.19. The van der Waals surface area contributed by atoms with E-state index in [0.717, 1.165) is 24.3 Å². The topological polar surface area (TPSA) is 55.6 Å². The summed E-state index contributed by atoms with van der Waals surface area (Å²) in [6, 6.07) is 5.61. The maximum Gasteiger partial charge on any atom is 0.223 e. The number of anilines is 1. The minimum Gasteiger partial charge on any atom is -0.494 e. The van der Waals surface area contributed by atoms with E-state index in [0.29, 0.717) is 31.2 Å². The molecular formula is C15H22N2O2. The van der Waals surface area contributed by atoms with Crippen LogP contribution in [0.4, 0.5) is 5.69 Å². The Morgan fingerprint density at radius 1 is 1.42 bits per heavy atom. The summed E-state index contributed by atoms with van der Waals surface area (Å²) in [5.74, 6) is 1.55. The first-order valence-electron chi connectivity index (χ1n) is 6.93. The number of nitrogens with two attached hydrogens (primary N) is 1. The van der Waals surface area contributed by atoms with E-state index >= 15 is 0 Å². The second-order valence-corrected chi connectivity index (χ2v) is 5.05. The first-order chi connectivity index (χ1) is 9.13. The largest absolute Gasteiger partial charge is 0.494 e. The Labute approximate surface area is 114 Å². The highest BCUT2D eigenvalue weighted by molar-refractivity contribution is 5.78. The van der Waals surface area contributed by atoms with Gasteiger partial charge in [-0.25, -0.2) is 0 Å². The van der Waals surface area contributed by atoms with Crippen molar-refractivity contribution in [1.29, 1.82) is 0 Å². The molecule has 1 saturated heterocycles. The Bertz CT molecular complexity index is 459. The summed E-state index contributed by atoms with van der Waals surface area (Å²) in [5.41, 5.74) is 7.53. The predicted molar refractivity (Wildman–Crippen MR) is 75.8 cm³/mol. The highest BCUT2D eigenvalue weighted by Gasteiger charge is 2.28. The number of nitrogen functional groups attached to an aromatic ring is 1. The molecule has 1 heterocycles. The van der Waals surface area contributed by atoms with Crippen molar-refractivity contribution in [2.24, 2.45) is 5.92 Å². The zero-order valence-electron chi connectivity index (χ0n) is 11.7. The molecule has 1 aliphatic rings. The molecule has 1 unspecified atom stereocenters. The van der Waals surface area contributed by atoms with Crippen LogP contribution in [0.3, 0.4) is 0 Å². The first kappa shape index (κ1) is 13.7. The van der Waals surface area contributed by atoms with Crippen molar-refractivity contribution in [3.63, 3.8) is 0 Å². The van der Waals surface area contributed by atoms with E-state index in [1.165, 1.54) is 0 Å². The van der Waals surface area contributed by atoms with Crippen molar-refractivity contribution >= 4 is 11.6 Å². The lowest BCUT2D eigenvalue weighted by molar-refractivity contribution is -0.128. The molecular weight excluding hydrogens is 240 g/mol. The summed E-state index contributed by atoms with van der Waals surface area (Å²) in [6.07, 6.45) is 1.72. The number of amides is 1. The van der Waals surface area contributed by atoms with Crippen molar-refractivity contribution < 1.29 is 9.53 Å². The average Bonchev–Trinajstić information content (AvgIpc) is 2.74. The van der Waals surface area contributed by atoms with E-state index in [4.69, 9.17) is 10.5 Å². The van der Waals surface area contributed by atoms with Crippen LogP contribution in [0.5, 0.6) is 5.75 Å². The van der Waals surface area contributed by atoms with Gasteiger partial charge in [0.25, 0.3) is 0 Å². The second kappa shape index (κ2) is 5.95. The molecule has 0 aliphatic carbocycles. The number of nitrogens with zero attached hydrogens (tertiary/aromatic N) is 1. The maximum absolute atomic E-state index is 12.0. The van der Waals surface area contributed by atoms with Gasteiger partial charge < -0.3 is 15.4 Å². The summed E-state index contributed by atoms with van der Waals surface area (Å²) in [7, 11) is 0. The molecule has 4 nitrogen and oxygen atoms in total. The molecule has 0 saturated carbocycles. The van der Waals surface area contributed by atoms with Gasteiger partial charge in [0.05, 0.1) is 6.61 Å². The van der Waals surface area contributed by atoms with E-state index in [1.54, 1.807) is 0 Å². The molecule has 2 N–H and O–H groups in total. The minimum absolute atomic E-state index is 0.233. The van der Waals surface area contributed by atoms with Crippen LogP contribution in [-0.2, 0) is 11.3 Å². The van der Waals surface area contributed by atoms with Crippen LogP contribution in [0.25, 0.3) is 0 Å². The van der Waals surface area contributed by atoms with Crippen LogP contribution in [0.2, 0.25) is 0 Å². The fourth-order valence-corrected chi connectivity index (χ4v) is 2.51. The molecule has 1 amide bonds. The number of hydrogen-bond acceptors (Lipinski definition) is 3. The fraction of sp³-hybridized carbons (Fsp3) is 0.533. The summed E-state index contributed by atoms with van der Waals surface area (Å²) in [5, 5.41) is 0. The molecule has 1 aromatic carbocycles. The third-order valence-electron chi connectivity index (χ3n) is 3.62. The highest BCUT2D eigenvalue weighted by atomic mass is 16.5. The number of rotatable bonds is 5. The molecule has 0 aromatic heterocycles. The highest BCUT2D eigenvalue weighted by Crippen LogP contribution is 2.27. The van der Waals surface area contributed by atoms with Crippen LogP contribution in [0, 0.1) is 5.92 Å². The van der Waals surface area contributed by atoms with Gasteiger partial charge in [-0.1, -0.05) is 13.3 Å². The lowest BCUT2D eigenvalue weighted by atomic mass is 10.1. The molecule has 4 heteroatoms. The molecule has 1 aromatic rings. The van der Waals surface area contributed by atoms with Gasteiger partial charge in [-0.05, 0) is 31.0 Å². The monoisotopic (exact) mass is 262 g/mol. The molecule has 0 spiro atoms. The molecule has 19 heavy (non-hydrogen) atoms. The molecule has 104 valence electrons. The average molecular weight is 262 g/mol. The summed E-state index contributed by atoms with van der Waals surface area (Å²) in [4.78, 5) is 13.9. The first-order valence-corrected chi connectivity index (χ1v) is 6.93. The van der Waals surface area contributed by atoms with Crippen LogP contribution < -0.4 is 10.5 Å². The van der Waals surface area contributed by atoms with E-state index in [9.17, 15) is 4.79 Å². The third kappa shape index (κ3) is 3.19. The van der Waals surface area contributed by atoms with Crippen molar-refractivity contribution in [3.05, 3.63) is 23.8 Å². The van der Waals surface area contributed by atoms with E-state index in [1.807, 2.05) is 30.0 Å². The number of ether oxygens (including phenoxy) is 1. The lowest BCUT2D eigenvalue weighted by Crippen LogP contribution is -2.25. The van der Waals surface area contributed by atoms with Gasteiger partial charge in [0.1, 0.15) is 5.75 Å². The number of benzene rings is 1. The quantitative estimate of drug-likeness (QED) is 0.829. The van der Waals surface area contributed by atoms with E-state index in [2.05, 4.69) is 6.92 Å². The summed E-state index contributed by atoms with van der Waals surface area (Å²) in [6.45, 7) is 6.13. The van der Waals surface area contributed by atoms with Crippen molar-refractivity contribution in [1.82, 2.24) is 4.90 Å². The SMILES string of the molecule is CCOc1ccc(N)cc1CN1CC(CC)CC1=O. The Morgan fingerprint density at radius 2 is 2.21 bits per heavy atom. The Balaban J connectivity index is 2.14. The molecule has 2 rings (SSSR count). The number of carbonyl (C=O) groups is 1. The summed E-state index contributed by atoms with van der Waals surface area (Å²) >= 11 is 0. The predicted octanol–water partition coefficient (Wildman–Crippen LogP) is 2.43. The van der Waals surface area contributed by atoms with Crippen molar-refractivity contribution in [2.75, 3.05) is 18.9 Å². The van der Waals surface area contributed by atoms with Gasteiger partial charge in [-0.15, -0.1) is 0 Å². The number of likely N-dealkylation sites (tertiary alicyclic amines) is 1. The molecule has 1 aliphatic heterocycles. The normalized spacial score (nSPS) is 18.9. The Morgan fingerprint density at radius 3 is 2.84 bits per heavy atom. The number of carbonyl (C=O) groups excluding carboxylic acids is 1. The van der Waals surface area contributed by atoms with E-state index < -0.39 is 0 Å². The molecule has 0 radical (unpaired) electrons. The second-order valence-electron chi connectivity index (χ2n) is 5.05. The number of hydrogen-bond donors (Lipinski definition) is 1. The van der Waals surface area contributed by atoms with Crippen LogP contribution in [0.1, 0.15) is 32.3 Å².